The van der Waals surface area contributed by atoms with Gasteiger partial charge in [0.2, 0.25) is 0 Å². The van der Waals surface area contributed by atoms with Crippen molar-refractivity contribution in [2.45, 2.75) is 38.0 Å². The van der Waals surface area contributed by atoms with Gasteiger partial charge >= 0.3 is 0 Å². The molecule has 0 amide bonds. The first-order chi connectivity index (χ1) is 10.7. The Hall–Kier alpha value is -1.48. The molecule has 1 aromatic carbocycles. The van der Waals surface area contributed by atoms with Crippen molar-refractivity contribution in [2.75, 3.05) is 19.8 Å². The van der Waals surface area contributed by atoms with Gasteiger partial charge in [-0.25, -0.2) is 4.39 Å². The zero-order chi connectivity index (χ0) is 15.5. The van der Waals surface area contributed by atoms with Crippen molar-refractivity contribution >= 4 is 0 Å². The summed E-state index contributed by atoms with van der Waals surface area (Å²) in [6.45, 7) is 2.66. The number of rotatable bonds is 3. The highest BCUT2D eigenvalue weighted by atomic mass is 19.1. The molecule has 2 saturated heterocycles. The van der Waals surface area contributed by atoms with E-state index in [0.29, 0.717) is 31.7 Å². The van der Waals surface area contributed by atoms with Crippen LogP contribution in [0, 0.1) is 23.1 Å². The molecule has 2 aliphatic heterocycles. The number of hydrogen-bond donors (Lipinski definition) is 1. The summed E-state index contributed by atoms with van der Waals surface area (Å²) in [7, 11) is 0. The molecule has 3 rings (SSSR count). The monoisotopic (exact) mass is 304 g/mol. The summed E-state index contributed by atoms with van der Waals surface area (Å²) in [5, 5.41) is 19.4. The van der Waals surface area contributed by atoms with Crippen molar-refractivity contribution < 1.29 is 14.2 Å². The number of benzene rings is 1. The summed E-state index contributed by atoms with van der Waals surface area (Å²) in [5.41, 5.74) is 1.24. The minimum Gasteiger partial charge on any atom is -0.393 e. The lowest BCUT2D eigenvalue weighted by atomic mass is 9.89. The summed E-state index contributed by atoms with van der Waals surface area (Å²) >= 11 is 0. The van der Waals surface area contributed by atoms with Gasteiger partial charge in [-0.2, -0.15) is 5.26 Å². The number of likely N-dealkylation sites (tertiary alicyclic amines) is 1. The van der Waals surface area contributed by atoms with Gasteiger partial charge in [0.05, 0.1) is 24.3 Å². The van der Waals surface area contributed by atoms with Crippen LogP contribution in [-0.4, -0.2) is 41.9 Å². The molecule has 4 nitrogen and oxygen atoms in total. The summed E-state index contributed by atoms with van der Waals surface area (Å²) in [5.74, 6) is -0.207. The van der Waals surface area contributed by atoms with Crippen LogP contribution in [0.4, 0.5) is 4.39 Å². The number of hydrogen-bond acceptors (Lipinski definition) is 4. The van der Waals surface area contributed by atoms with Gasteiger partial charge in [0.1, 0.15) is 5.82 Å². The van der Waals surface area contributed by atoms with E-state index in [1.54, 1.807) is 0 Å². The zero-order valence-electron chi connectivity index (χ0n) is 12.5. The Balaban J connectivity index is 1.76. The molecule has 0 radical (unpaired) electrons. The van der Waals surface area contributed by atoms with E-state index < -0.39 is 0 Å². The highest BCUT2D eigenvalue weighted by Gasteiger charge is 2.37. The molecule has 1 N–H and O–H groups in total. The van der Waals surface area contributed by atoms with E-state index in [-0.39, 0.29) is 23.9 Å². The fourth-order valence-corrected chi connectivity index (χ4v) is 3.67. The highest BCUT2D eigenvalue weighted by Crippen LogP contribution is 2.31. The fraction of sp³-hybridized carbons (Fsp3) is 0.588. The highest BCUT2D eigenvalue weighted by molar-refractivity contribution is 5.37. The molecular weight excluding hydrogens is 283 g/mol. The Morgan fingerprint density at radius 2 is 2.27 bits per heavy atom. The van der Waals surface area contributed by atoms with Gasteiger partial charge in [-0.05, 0) is 49.6 Å². The number of aliphatic hydroxyl groups excluding tert-OH is 1. The van der Waals surface area contributed by atoms with Crippen LogP contribution in [0.15, 0.2) is 18.2 Å². The predicted molar refractivity (Wildman–Crippen MR) is 79.5 cm³/mol. The van der Waals surface area contributed by atoms with Crippen LogP contribution in [0.2, 0.25) is 0 Å². The second kappa shape index (κ2) is 6.74. The molecule has 0 unspecified atom stereocenters. The molecule has 0 spiro atoms. The molecule has 118 valence electrons. The Bertz CT molecular complexity index is 572. The molecule has 0 aliphatic carbocycles. The minimum atomic E-state index is -0.331. The van der Waals surface area contributed by atoms with Crippen LogP contribution in [0.25, 0.3) is 0 Å². The first-order valence-corrected chi connectivity index (χ1v) is 7.87. The lowest BCUT2D eigenvalue weighted by Crippen LogP contribution is -2.45. The largest absolute Gasteiger partial charge is 0.393 e. The molecule has 22 heavy (non-hydrogen) atoms. The molecule has 0 saturated carbocycles. The van der Waals surface area contributed by atoms with Crippen molar-refractivity contribution in [2.24, 2.45) is 5.92 Å². The molecular formula is C17H21FN2O2. The molecule has 3 atom stereocenters. The van der Waals surface area contributed by atoms with Gasteiger partial charge in [0.25, 0.3) is 0 Å². The van der Waals surface area contributed by atoms with Gasteiger partial charge in [0.15, 0.2) is 0 Å². The van der Waals surface area contributed by atoms with Crippen LogP contribution >= 0.6 is 0 Å². The van der Waals surface area contributed by atoms with Gasteiger partial charge in [-0.15, -0.1) is 0 Å². The third kappa shape index (κ3) is 3.14. The molecule has 2 fully saturated rings. The average Bonchev–Trinajstić information content (AvgIpc) is 2.96. The van der Waals surface area contributed by atoms with E-state index in [1.165, 1.54) is 18.2 Å². The minimum absolute atomic E-state index is 0.107. The van der Waals surface area contributed by atoms with Crippen molar-refractivity contribution in [1.82, 2.24) is 4.90 Å². The first kappa shape index (κ1) is 15.4. The van der Waals surface area contributed by atoms with E-state index >= 15 is 0 Å². The van der Waals surface area contributed by atoms with Crippen LogP contribution in [0.3, 0.4) is 0 Å². The second-order valence-electron chi connectivity index (χ2n) is 6.19. The maximum Gasteiger partial charge on any atom is 0.123 e. The van der Waals surface area contributed by atoms with Gasteiger partial charge in [-0.3, -0.25) is 4.90 Å². The Labute approximate surface area is 130 Å². The topological polar surface area (TPSA) is 56.5 Å². The smallest absolute Gasteiger partial charge is 0.123 e. The quantitative estimate of drug-likeness (QED) is 0.928. The van der Waals surface area contributed by atoms with E-state index in [0.717, 1.165) is 24.9 Å². The number of nitrogens with zero attached hydrogens (tertiary/aromatic N) is 2. The molecule has 2 heterocycles. The number of nitriles is 1. The van der Waals surface area contributed by atoms with Gasteiger partial charge in [-0.1, -0.05) is 0 Å². The van der Waals surface area contributed by atoms with Crippen molar-refractivity contribution in [3.05, 3.63) is 35.1 Å². The van der Waals surface area contributed by atoms with E-state index in [9.17, 15) is 14.8 Å². The first-order valence-electron chi connectivity index (χ1n) is 7.87. The summed E-state index contributed by atoms with van der Waals surface area (Å²) in [6.07, 6.45) is 2.42. The average molecular weight is 304 g/mol. The molecule has 0 bridgehead atoms. The Kier molecular flexibility index (Phi) is 4.72. The number of aliphatic hydroxyl groups is 1. The second-order valence-corrected chi connectivity index (χ2v) is 6.19. The van der Waals surface area contributed by atoms with Crippen LogP contribution < -0.4 is 0 Å². The lowest BCUT2D eigenvalue weighted by molar-refractivity contribution is -0.0636. The zero-order valence-corrected chi connectivity index (χ0v) is 12.5. The van der Waals surface area contributed by atoms with E-state index in [4.69, 9.17) is 4.74 Å². The molecule has 2 aliphatic rings. The SMILES string of the molecule is N#Cc1ccc(F)cc1CN1CCC[C@@H]1[C@H]1COCC[C@@H]1O. The maximum absolute atomic E-state index is 13.5. The lowest BCUT2D eigenvalue weighted by Gasteiger charge is -2.37. The van der Waals surface area contributed by atoms with Crippen LogP contribution in [-0.2, 0) is 11.3 Å². The summed E-state index contributed by atoms with van der Waals surface area (Å²) < 4.78 is 19.0. The van der Waals surface area contributed by atoms with Crippen LogP contribution in [0.1, 0.15) is 30.4 Å². The standard InChI is InChI=1S/C17H21FN2O2/c18-14-4-3-12(9-19)13(8-14)10-20-6-1-2-16(20)15-11-22-7-5-17(15)21/h3-4,8,15-17,21H,1-2,5-7,10-11H2/t15-,16-,17+/m1/s1. The van der Waals surface area contributed by atoms with Crippen molar-refractivity contribution in [3.63, 3.8) is 0 Å². The molecule has 1 aromatic rings. The number of halogens is 1. The van der Waals surface area contributed by atoms with Crippen molar-refractivity contribution in [1.29, 1.82) is 5.26 Å². The normalized spacial score (nSPS) is 29.4. The van der Waals surface area contributed by atoms with Gasteiger partial charge < -0.3 is 9.84 Å². The van der Waals surface area contributed by atoms with Crippen molar-refractivity contribution in [3.8, 4) is 6.07 Å². The Morgan fingerprint density at radius 3 is 3.05 bits per heavy atom. The van der Waals surface area contributed by atoms with Crippen LogP contribution in [0.5, 0.6) is 0 Å². The Morgan fingerprint density at radius 1 is 1.41 bits per heavy atom. The maximum atomic E-state index is 13.5. The third-order valence-electron chi connectivity index (χ3n) is 4.83. The van der Waals surface area contributed by atoms with E-state index in [2.05, 4.69) is 11.0 Å². The molecule has 0 aromatic heterocycles. The summed E-state index contributed by atoms with van der Waals surface area (Å²) in [6, 6.07) is 6.68. The number of ether oxygens (including phenoxy) is 1. The van der Waals surface area contributed by atoms with E-state index in [1.807, 2.05) is 0 Å². The third-order valence-corrected chi connectivity index (χ3v) is 4.83. The predicted octanol–water partition coefficient (Wildman–Crippen LogP) is 2.06. The van der Waals surface area contributed by atoms with Gasteiger partial charge in [0, 0.05) is 25.1 Å². The summed E-state index contributed by atoms with van der Waals surface area (Å²) in [4.78, 5) is 2.26. The molecule has 5 heteroatoms. The fourth-order valence-electron chi connectivity index (χ4n) is 3.67.